The predicted molar refractivity (Wildman–Crippen MR) is 84.1 cm³/mol. The average molecular weight is 376 g/mol. The first-order valence-electron chi connectivity index (χ1n) is 8.16. The molecule has 138 valence electrons. The smallest absolute Gasteiger partial charge is 0.342 e. The van der Waals surface area contributed by atoms with Crippen molar-refractivity contribution in [1.82, 2.24) is 9.21 Å². The van der Waals surface area contributed by atoms with Crippen molar-refractivity contribution < 1.29 is 26.4 Å². The highest BCUT2D eigenvalue weighted by atomic mass is 32.2. The van der Waals surface area contributed by atoms with Gasteiger partial charge in [-0.2, -0.15) is 17.5 Å². The van der Waals surface area contributed by atoms with Crippen LogP contribution in [0.2, 0.25) is 0 Å². The lowest BCUT2D eigenvalue weighted by atomic mass is 9.95. The number of amides is 1. The number of carbonyl (C=O) groups is 1. The first kappa shape index (κ1) is 18.2. The number of halogens is 3. The molecule has 0 saturated carbocycles. The van der Waals surface area contributed by atoms with Gasteiger partial charge in [0.2, 0.25) is 15.9 Å². The Morgan fingerprint density at radius 3 is 2.16 bits per heavy atom. The van der Waals surface area contributed by atoms with Crippen LogP contribution in [0.25, 0.3) is 0 Å². The van der Waals surface area contributed by atoms with Crippen LogP contribution in [0.3, 0.4) is 0 Å². The van der Waals surface area contributed by atoms with Crippen molar-refractivity contribution in [3.8, 4) is 0 Å². The zero-order chi connectivity index (χ0) is 18.2. The second-order valence-electron chi connectivity index (χ2n) is 6.35. The van der Waals surface area contributed by atoms with Crippen molar-refractivity contribution in [2.45, 2.75) is 30.3 Å². The summed E-state index contributed by atoms with van der Waals surface area (Å²) in [5.74, 6) is -0.219. The van der Waals surface area contributed by atoms with Gasteiger partial charge in [-0.05, 0) is 31.4 Å². The SMILES string of the molecule is O=C(C1CCN(S(=O)(=O)c2ccccc2C(F)(F)F)CC1)N1CCC1. The second kappa shape index (κ2) is 6.60. The number of hydrogen-bond donors (Lipinski definition) is 0. The van der Waals surface area contributed by atoms with E-state index in [0.29, 0.717) is 12.8 Å². The minimum Gasteiger partial charge on any atom is -0.342 e. The first-order chi connectivity index (χ1) is 11.7. The number of benzene rings is 1. The highest BCUT2D eigenvalue weighted by molar-refractivity contribution is 7.89. The number of carbonyl (C=O) groups excluding carboxylic acids is 1. The van der Waals surface area contributed by atoms with Gasteiger partial charge in [0.05, 0.1) is 10.5 Å². The van der Waals surface area contributed by atoms with Gasteiger partial charge in [0.25, 0.3) is 0 Å². The van der Waals surface area contributed by atoms with Gasteiger partial charge in [0.15, 0.2) is 0 Å². The number of piperidine rings is 1. The van der Waals surface area contributed by atoms with E-state index >= 15 is 0 Å². The number of sulfonamides is 1. The number of alkyl halides is 3. The van der Waals surface area contributed by atoms with Crippen LogP contribution in [-0.2, 0) is 21.0 Å². The molecule has 1 amide bonds. The zero-order valence-electron chi connectivity index (χ0n) is 13.5. The van der Waals surface area contributed by atoms with Crippen LogP contribution in [0, 0.1) is 5.92 Å². The van der Waals surface area contributed by atoms with Crippen molar-refractivity contribution in [2.24, 2.45) is 5.92 Å². The molecule has 0 radical (unpaired) electrons. The zero-order valence-corrected chi connectivity index (χ0v) is 14.3. The molecule has 0 bridgehead atoms. The first-order valence-corrected chi connectivity index (χ1v) is 9.60. The van der Waals surface area contributed by atoms with Crippen LogP contribution in [0.15, 0.2) is 29.2 Å². The van der Waals surface area contributed by atoms with Gasteiger partial charge in [-0.25, -0.2) is 8.42 Å². The van der Waals surface area contributed by atoms with Crippen LogP contribution in [-0.4, -0.2) is 49.7 Å². The Hall–Kier alpha value is -1.61. The molecule has 0 unspecified atom stereocenters. The van der Waals surface area contributed by atoms with Gasteiger partial charge in [-0.3, -0.25) is 4.79 Å². The summed E-state index contributed by atoms with van der Waals surface area (Å²) in [6.45, 7) is 1.57. The minimum atomic E-state index is -4.74. The minimum absolute atomic E-state index is 0.0268. The fourth-order valence-corrected chi connectivity index (χ4v) is 4.88. The van der Waals surface area contributed by atoms with Crippen molar-refractivity contribution >= 4 is 15.9 Å². The van der Waals surface area contributed by atoms with E-state index < -0.39 is 26.7 Å². The molecule has 25 heavy (non-hydrogen) atoms. The van der Waals surface area contributed by atoms with E-state index in [1.165, 1.54) is 12.1 Å². The Labute approximate surface area is 144 Å². The van der Waals surface area contributed by atoms with Gasteiger partial charge >= 0.3 is 6.18 Å². The Balaban J connectivity index is 1.76. The maximum absolute atomic E-state index is 13.1. The highest BCUT2D eigenvalue weighted by Crippen LogP contribution is 2.36. The molecule has 0 N–H and O–H groups in total. The molecule has 3 rings (SSSR count). The lowest BCUT2D eigenvalue weighted by molar-refractivity contribution is -0.140. The quantitative estimate of drug-likeness (QED) is 0.814. The molecule has 5 nitrogen and oxygen atoms in total. The third-order valence-corrected chi connectivity index (χ3v) is 6.74. The van der Waals surface area contributed by atoms with Crippen molar-refractivity contribution in [3.63, 3.8) is 0 Å². The maximum atomic E-state index is 13.1. The highest BCUT2D eigenvalue weighted by Gasteiger charge is 2.40. The average Bonchev–Trinajstić information content (AvgIpc) is 2.52. The fourth-order valence-electron chi connectivity index (χ4n) is 3.20. The van der Waals surface area contributed by atoms with E-state index in [1.54, 1.807) is 4.90 Å². The lowest BCUT2D eigenvalue weighted by Gasteiger charge is -2.37. The number of rotatable bonds is 3. The van der Waals surface area contributed by atoms with Gasteiger partial charge in [0, 0.05) is 32.1 Å². The molecule has 1 aromatic carbocycles. The molecule has 2 saturated heterocycles. The standard InChI is InChI=1S/C16H19F3N2O3S/c17-16(18,19)13-4-1-2-5-14(13)25(23,24)21-10-6-12(7-11-21)15(22)20-8-3-9-20/h1-2,4-5,12H,3,6-11H2. The van der Waals surface area contributed by atoms with Crippen LogP contribution < -0.4 is 0 Å². The summed E-state index contributed by atoms with van der Waals surface area (Å²) in [6.07, 6.45) is -3.09. The van der Waals surface area contributed by atoms with Gasteiger partial charge in [-0.1, -0.05) is 12.1 Å². The van der Waals surface area contributed by atoms with Crippen molar-refractivity contribution in [3.05, 3.63) is 29.8 Å². The normalized spacial score (nSPS) is 20.4. The molecule has 0 aliphatic carbocycles. The summed E-state index contributed by atoms with van der Waals surface area (Å²) in [4.78, 5) is 13.2. The molecule has 2 fully saturated rings. The second-order valence-corrected chi connectivity index (χ2v) is 8.26. The van der Waals surface area contributed by atoms with Crippen LogP contribution in [0.4, 0.5) is 13.2 Å². The molecule has 2 aliphatic heterocycles. The molecule has 2 aliphatic rings. The van der Waals surface area contributed by atoms with E-state index in [1.807, 2.05) is 0 Å². The molecule has 2 heterocycles. The Bertz CT molecular complexity index is 752. The maximum Gasteiger partial charge on any atom is 0.417 e. The Morgan fingerprint density at radius 2 is 1.64 bits per heavy atom. The topological polar surface area (TPSA) is 57.7 Å². The van der Waals surface area contributed by atoms with Crippen LogP contribution >= 0.6 is 0 Å². The molecular formula is C16H19F3N2O3S. The van der Waals surface area contributed by atoms with E-state index in [9.17, 15) is 26.4 Å². The lowest BCUT2D eigenvalue weighted by Crippen LogP contribution is -2.48. The fraction of sp³-hybridized carbons (Fsp3) is 0.562. The van der Waals surface area contributed by atoms with Gasteiger partial charge in [-0.15, -0.1) is 0 Å². The third-order valence-electron chi connectivity index (χ3n) is 4.78. The van der Waals surface area contributed by atoms with Crippen molar-refractivity contribution in [1.29, 1.82) is 0 Å². The molecular weight excluding hydrogens is 357 g/mol. The Morgan fingerprint density at radius 1 is 1.04 bits per heavy atom. The number of hydrogen-bond acceptors (Lipinski definition) is 3. The molecule has 0 spiro atoms. The van der Waals surface area contributed by atoms with Crippen LogP contribution in [0.5, 0.6) is 0 Å². The molecule has 0 atom stereocenters. The molecule has 1 aromatic rings. The van der Waals surface area contributed by atoms with E-state index in [-0.39, 0.29) is 24.9 Å². The summed E-state index contributed by atoms with van der Waals surface area (Å²) in [5, 5.41) is 0. The monoisotopic (exact) mass is 376 g/mol. The van der Waals surface area contributed by atoms with E-state index in [4.69, 9.17) is 0 Å². The molecule has 0 aromatic heterocycles. The summed E-state index contributed by atoms with van der Waals surface area (Å²) in [7, 11) is -4.25. The Kier molecular flexibility index (Phi) is 4.80. The van der Waals surface area contributed by atoms with E-state index in [2.05, 4.69) is 0 Å². The summed E-state index contributed by atoms with van der Waals surface area (Å²) in [5.41, 5.74) is -1.16. The summed E-state index contributed by atoms with van der Waals surface area (Å²) in [6, 6.07) is 4.20. The van der Waals surface area contributed by atoms with Gasteiger partial charge in [0.1, 0.15) is 0 Å². The largest absolute Gasteiger partial charge is 0.417 e. The summed E-state index contributed by atoms with van der Waals surface area (Å²) >= 11 is 0. The number of nitrogens with zero attached hydrogens (tertiary/aromatic N) is 2. The number of likely N-dealkylation sites (tertiary alicyclic amines) is 1. The van der Waals surface area contributed by atoms with Crippen LogP contribution in [0.1, 0.15) is 24.8 Å². The predicted octanol–water partition coefficient (Wildman–Crippen LogP) is 2.34. The van der Waals surface area contributed by atoms with Crippen molar-refractivity contribution in [2.75, 3.05) is 26.2 Å². The summed E-state index contributed by atoms with van der Waals surface area (Å²) < 4.78 is 65.7. The van der Waals surface area contributed by atoms with Gasteiger partial charge < -0.3 is 4.90 Å². The molecule has 9 heteroatoms. The third kappa shape index (κ3) is 3.52. The van der Waals surface area contributed by atoms with E-state index in [0.717, 1.165) is 35.9 Å².